The summed E-state index contributed by atoms with van der Waals surface area (Å²) in [5.41, 5.74) is 6.14. The molecule has 0 saturated carbocycles. The van der Waals surface area contributed by atoms with Gasteiger partial charge in [0.1, 0.15) is 24.7 Å². The van der Waals surface area contributed by atoms with Crippen molar-refractivity contribution in [1.82, 2.24) is 9.97 Å². The molecule has 0 unspecified atom stereocenters. The molecule has 0 atom stereocenters. The Morgan fingerprint density at radius 2 is 1.00 bits per heavy atom. The zero-order chi connectivity index (χ0) is 32.4. The molecule has 0 aliphatic heterocycles. The van der Waals surface area contributed by atoms with Gasteiger partial charge in [0, 0.05) is 11.1 Å². The summed E-state index contributed by atoms with van der Waals surface area (Å²) in [4.78, 5) is 21.5. The van der Waals surface area contributed by atoms with Crippen molar-refractivity contribution in [3.8, 4) is 34.0 Å². The second-order valence-corrected chi connectivity index (χ2v) is 10.7. The summed E-state index contributed by atoms with van der Waals surface area (Å²) in [6.07, 6.45) is 0. The van der Waals surface area contributed by atoms with Crippen LogP contribution >= 0.6 is 0 Å². The first kappa shape index (κ1) is 30.7. The van der Waals surface area contributed by atoms with Crippen LogP contribution in [0.25, 0.3) is 22.5 Å². The Kier molecular flexibility index (Phi) is 9.59. The maximum atomic E-state index is 12.1. The zero-order valence-electron chi connectivity index (χ0n) is 25.3. The maximum absolute atomic E-state index is 12.1. The number of oxime groups is 1. The van der Waals surface area contributed by atoms with Crippen molar-refractivity contribution in [3.63, 3.8) is 0 Å². The number of nitrogens with zero attached hydrogens (tertiary/aromatic N) is 3. The van der Waals surface area contributed by atoms with Gasteiger partial charge in [-0.25, -0.2) is 14.8 Å². The van der Waals surface area contributed by atoms with Gasteiger partial charge in [-0.3, -0.25) is 0 Å². The number of carbonyl (C=O) groups is 1. The Morgan fingerprint density at radius 1 is 0.574 bits per heavy atom. The van der Waals surface area contributed by atoms with Crippen molar-refractivity contribution in [3.05, 3.63) is 168 Å². The molecule has 0 fully saturated rings. The molecule has 47 heavy (non-hydrogen) atoms. The number of hydrogen-bond donors (Lipinski definition) is 2. The first-order valence-corrected chi connectivity index (χ1v) is 15.0. The molecule has 2 heterocycles. The number of carboxylic acids is 1. The summed E-state index contributed by atoms with van der Waals surface area (Å²) in [7, 11) is 0. The summed E-state index contributed by atoms with van der Waals surface area (Å²) < 4.78 is 12.0. The summed E-state index contributed by atoms with van der Waals surface area (Å²) in [6.45, 7) is 0.519. The van der Waals surface area contributed by atoms with E-state index in [1.165, 1.54) is 0 Å². The van der Waals surface area contributed by atoms with Gasteiger partial charge < -0.3 is 19.8 Å². The molecule has 232 valence electrons. The lowest BCUT2D eigenvalue weighted by Gasteiger charge is -2.18. The highest BCUT2D eigenvalue weighted by atomic mass is 16.5. The molecule has 0 aliphatic carbocycles. The van der Waals surface area contributed by atoms with Crippen LogP contribution in [0.2, 0.25) is 0 Å². The fourth-order valence-electron chi connectivity index (χ4n) is 5.22. The van der Waals surface area contributed by atoms with Crippen molar-refractivity contribution in [2.24, 2.45) is 5.16 Å². The van der Waals surface area contributed by atoms with Crippen molar-refractivity contribution in [2.75, 3.05) is 0 Å². The maximum Gasteiger partial charge on any atom is 0.354 e. The minimum atomic E-state index is -1.33. The SMILES string of the molecule is O=C(O)C(=NO)C(c1ccc(OCc2cccc(-c3ccccc3)n2)cc1)c1ccc(OCc2cccc(-c3ccccc3)n2)cc1. The van der Waals surface area contributed by atoms with Crippen molar-refractivity contribution >= 4 is 11.7 Å². The number of carboxylic acid groups (broad SMARTS) is 1. The summed E-state index contributed by atoms with van der Waals surface area (Å²) in [5, 5.41) is 22.7. The lowest BCUT2D eigenvalue weighted by molar-refractivity contribution is -0.129. The molecule has 0 aliphatic rings. The van der Waals surface area contributed by atoms with Gasteiger partial charge in [-0.2, -0.15) is 0 Å². The van der Waals surface area contributed by atoms with Gasteiger partial charge in [-0.15, -0.1) is 0 Å². The van der Waals surface area contributed by atoms with E-state index in [0.29, 0.717) is 22.6 Å². The van der Waals surface area contributed by atoms with Gasteiger partial charge in [-0.05, 0) is 59.7 Å². The molecular weight excluding hydrogens is 590 g/mol. The minimum absolute atomic E-state index is 0.259. The predicted octanol–water partition coefficient (Wildman–Crippen LogP) is 8.02. The van der Waals surface area contributed by atoms with E-state index in [9.17, 15) is 15.1 Å². The Balaban J connectivity index is 1.14. The molecule has 2 aromatic heterocycles. The second-order valence-electron chi connectivity index (χ2n) is 10.7. The van der Waals surface area contributed by atoms with Gasteiger partial charge in [0.05, 0.1) is 28.7 Å². The monoisotopic (exact) mass is 621 g/mol. The van der Waals surface area contributed by atoms with Crippen molar-refractivity contribution in [1.29, 1.82) is 0 Å². The van der Waals surface area contributed by atoms with E-state index in [2.05, 4.69) is 5.16 Å². The van der Waals surface area contributed by atoms with E-state index in [4.69, 9.17) is 19.4 Å². The quantitative estimate of drug-likeness (QED) is 0.0808. The lowest BCUT2D eigenvalue weighted by atomic mass is 9.87. The first-order valence-electron chi connectivity index (χ1n) is 15.0. The highest BCUT2D eigenvalue weighted by Crippen LogP contribution is 2.30. The van der Waals surface area contributed by atoms with Crippen molar-refractivity contribution in [2.45, 2.75) is 19.1 Å². The van der Waals surface area contributed by atoms with Crippen LogP contribution in [0.1, 0.15) is 28.4 Å². The number of benzene rings is 4. The number of hydrogen-bond acceptors (Lipinski definition) is 7. The molecule has 6 rings (SSSR count). The van der Waals surface area contributed by atoms with E-state index in [1.54, 1.807) is 48.5 Å². The number of pyridine rings is 2. The third kappa shape index (κ3) is 7.69. The van der Waals surface area contributed by atoms with Gasteiger partial charge in [0.15, 0.2) is 5.71 Å². The van der Waals surface area contributed by atoms with Crippen LogP contribution in [-0.4, -0.2) is 32.0 Å². The van der Waals surface area contributed by atoms with Crippen LogP contribution in [0.5, 0.6) is 11.5 Å². The minimum Gasteiger partial charge on any atom is -0.487 e. The molecule has 0 radical (unpaired) electrons. The molecule has 8 nitrogen and oxygen atoms in total. The topological polar surface area (TPSA) is 114 Å². The van der Waals surface area contributed by atoms with E-state index >= 15 is 0 Å². The third-order valence-electron chi connectivity index (χ3n) is 7.55. The Bertz CT molecular complexity index is 1830. The van der Waals surface area contributed by atoms with Crippen LogP contribution in [-0.2, 0) is 18.0 Å². The zero-order valence-corrected chi connectivity index (χ0v) is 25.3. The van der Waals surface area contributed by atoms with Crippen LogP contribution in [0.4, 0.5) is 0 Å². The van der Waals surface area contributed by atoms with Crippen LogP contribution in [0, 0.1) is 0 Å². The Morgan fingerprint density at radius 3 is 1.38 bits per heavy atom. The molecular formula is C39H31N3O5. The lowest BCUT2D eigenvalue weighted by Crippen LogP contribution is -2.23. The molecule has 2 N–H and O–H groups in total. The van der Waals surface area contributed by atoms with E-state index in [1.807, 2.05) is 97.1 Å². The number of ether oxygens (including phenoxy) is 2. The van der Waals surface area contributed by atoms with E-state index in [0.717, 1.165) is 33.9 Å². The molecule has 0 saturated heterocycles. The molecule has 8 heteroatoms. The fourth-order valence-corrected chi connectivity index (χ4v) is 5.22. The predicted molar refractivity (Wildman–Crippen MR) is 180 cm³/mol. The highest BCUT2D eigenvalue weighted by molar-refractivity contribution is 6.38. The standard InChI is InChI=1S/C39H31N3O5/c43-39(44)38(42-45)37(29-17-21-33(22-18-29)46-25-31-13-7-15-35(40-31)27-9-3-1-4-10-27)30-19-23-34(24-20-30)47-26-32-14-8-16-36(41-32)28-11-5-2-6-12-28/h1-24,37,45H,25-26H2,(H,43,44). The smallest absolute Gasteiger partial charge is 0.354 e. The summed E-state index contributed by atoms with van der Waals surface area (Å²) in [5.74, 6) is -0.988. The average molecular weight is 622 g/mol. The first-order chi connectivity index (χ1) is 23.1. The van der Waals surface area contributed by atoms with Gasteiger partial charge >= 0.3 is 5.97 Å². The summed E-state index contributed by atoms with van der Waals surface area (Å²) >= 11 is 0. The van der Waals surface area contributed by atoms with Crippen LogP contribution in [0.3, 0.4) is 0 Å². The molecule has 0 spiro atoms. The molecule has 6 aromatic rings. The van der Waals surface area contributed by atoms with Crippen molar-refractivity contribution < 1.29 is 24.6 Å². The third-order valence-corrected chi connectivity index (χ3v) is 7.55. The number of aliphatic carboxylic acids is 1. The highest BCUT2D eigenvalue weighted by Gasteiger charge is 2.27. The molecule has 0 amide bonds. The normalized spacial score (nSPS) is 11.3. The largest absolute Gasteiger partial charge is 0.487 e. The Hall–Kier alpha value is -6.28. The summed E-state index contributed by atoms with van der Waals surface area (Å²) in [6, 6.07) is 45.5. The van der Waals surface area contributed by atoms with E-state index in [-0.39, 0.29) is 13.2 Å². The van der Waals surface area contributed by atoms with Gasteiger partial charge in [0.2, 0.25) is 0 Å². The van der Waals surface area contributed by atoms with Crippen LogP contribution in [0.15, 0.2) is 151 Å². The fraction of sp³-hybridized carbons (Fsp3) is 0.0769. The van der Waals surface area contributed by atoms with Gasteiger partial charge in [-0.1, -0.05) is 102 Å². The molecule has 0 bridgehead atoms. The van der Waals surface area contributed by atoms with Gasteiger partial charge in [0.25, 0.3) is 0 Å². The Labute approximate surface area is 272 Å². The van der Waals surface area contributed by atoms with E-state index < -0.39 is 17.6 Å². The average Bonchev–Trinajstić information content (AvgIpc) is 3.13. The number of rotatable bonds is 12. The molecule has 4 aromatic carbocycles. The number of aromatic nitrogens is 2. The van der Waals surface area contributed by atoms with Crippen LogP contribution < -0.4 is 9.47 Å². The second kappa shape index (κ2) is 14.7.